The fourth-order valence-electron chi connectivity index (χ4n) is 2.54. The number of likely N-dealkylation sites (N-methyl/N-ethyl adjacent to an activating group) is 1. The summed E-state index contributed by atoms with van der Waals surface area (Å²) in [6.45, 7) is 0.356. The maximum absolute atomic E-state index is 12.0. The van der Waals surface area contributed by atoms with Crippen LogP contribution >= 0.6 is 0 Å². The highest BCUT2D eigenvalue weighted by Gasteiger charge is 2.32. The number of pyridine rings is 1. The highest BCUT2D eigenvalue weighted by atomic mass is 16.3. The van der Waals surface area contributed by atoms with Gasteiger partial charge in [0.2, 0.25) is 5.91 Å². The molecule has 0 aliphatic heterocycles. The van der Waals surface area contributed by atoms with Gasteiger partial charge in [0.15, 0.2) is 0 Å². The van der Waals surface area contributed by atoms with Crippen LogP contribution in [0.2, 0.25) is 0 Å². The molecule has 0 bridgehead atoms. The van der Waals surface area contributed by atoms with Crippen LogP contribution in [0.4, 0.5) is 0 Å². The number of carbonyl (C=O) groups is 1. The van der Waals surface area contributed by atoms with Crippen molar-refractivity contribution < 1.29 is 15.0 Å². The number of nitrogens with zero attached hydrogens (tertiary/aromatic N) is 2. The van der Waals surface area contributed by atoms with Gasteiger partial charge in [0.05, 0.1) is 11.8 Å². The summed E-state index contributed by atoms with van der Waals surface area (Å²) in [7, 11) is 1.68. The number of hydrogen-bond acceptors (Lipinski definition) is 4. The molecule has 2 N–H and O–H groups in total. The van der Waals surface area contributed by atoms with Crippen LogP contribution in [0.5, 0.6) is 5.75 Å². The number of amides is 1. The highest BCUT2D eigenvalue weighted by molar-refractivity contribution is 5.91. The summed E-state index contributed by atoms with van der Waals surface area (Å²) in [4.78, 5) is 17.3. The van der Waals surface area contributed by atoms with Crippen LogP contribution in [0.15, 0.2) is 24.5 Å². The normalized spacial score (nSPS) is 17.5. The Morgan fingerprint density at radius 2 is 2.15 bits per heavy atom. The molecule has 1 saturated carbocycles. The van der Waals surface area contributed by atoms with Gasteiger partial charge in [-0.25, -0.2) is 0 Å². The zero-order chi connectivity index (χ0) is 14.6. The first-order valence-corrected chi connectivity index (χ1v) is 6.78. The Morgan fingerprint density at radius 1 is 1.45 bits per heavy atom. The van der Waals surface area contributed by atoms with Gasteiger partial charge in [0, 0.05) is 25.9 Å². The Balaban J connectivity index is 1.93. The standard InChI is InChI=1S/C15H20N2O3/c1-17(11-15(20)6-2-3-7-15)14(19)5-4-12-8-13(18)10-16-9-12/h4-5,8-10,18,20H,2-3,6-7,11H2,1H3/b5-4+. The molecule has 0 saturated heterocycles. The number of hydrogen-bond donors (Lipinski definition) is 2. The van der Waals surface area contributed by atoms with Gasteiger partial charge in [0.1, 0.15) is 5.75 Å². The van der Waals surface area contributed by atoms with Crippen molar-refractivity contribution in [1.82, 2.24) is 9.88 Å². The number of aromatic hydroxyl groups is 1. The third-order valence-corrected chi connectivity index (χ3v) is 3.61. The van der Waals surface area contributed by atoms with E-state index >= 15 is 0 Å². The van der Waals surface area contributed by atoms with E-state index in [4.69, 9.17) is 0 Å². The average Bonchev–Trinajstić information content (AvgIpc) is 2.82. The topological polar surface area (TPSA) is 73.7 Å². The summed E-state index contributed by atoms with van der Waals surface area (Å²) in [5.41, 5.74) is -0.0727. The molecule has 0 aromatic carbocycles. The number of aliphatic hydroxyl groups is 1. The van der Waals surface area contributed by atoms with E-state index in [1.54, 1.807) is 19.3 Å². The fraction of sp³-hybridized carbons (Fsp3) is 0.467. The predicted octanol–water partition coefficient (Wildman–Crippen LogP) is 1.56. The van der Waals surface area contributed by atoms with Gasteiger partial charge in [-0.05, 0) is 30.5 Å². The van der Waals surface area contributed by atoms with E-state index in [1.807, 2.05) is 0 Å². The monoisotopic (exact) mass is 276 g/mol. The molecular weight excluding hydrogens is 256 g/mol. The van der Waals surface area contributed by atoms with Gasteiger partial charge < -0.3 is 15.1 Å². The molecule has 20 heavy (non-hydrogen) atoms. The largest absolute Gasteiger partial charge is 0.506 e. The summed E-state index contributed by atoms with van der Waals surface area (Å²) in [5.74, 6) is -0.109. The minimum Gasteiger partial charge on any atom is -0.506 e. The van der Waals surface area contributed by atoms with Crippen molar-refractivity contribution in [2.75, 3.05) is 13.6 Å². The molecule has 1 aromatic rings. The molecule has 1 heterocycles. The molecule has 5 nitrogen and oxygen atoms in total. The predicted molar refractivity (Wildman–Crippen MR) is 76.0 cm³/mol. The van der Waals surface area contributed by atoms with Crippen molar-refractivity contribution in [2.24, 2.45) is 0 Å². The van der Waals surface area contributed by atoms with E-state index < -0.39 is 5.60 Å². The summed E-state index contributed by atoms with van der Waals surface area (Å²) in [6, 6.07) is 1.53. The minimum atomic E-state index is -0.731. The molecule has 5 heteroatoms. The van der Waals surface area contributed by atoms with Crippen molar-refractivity contribution in [3.63, 3.8) is 0 Å². The molecule has 1 aliphatic rings. The Labute approximate surface area is 118 Å². The van der Waals surface area contributed by atoms with Crippen molar-refractivity contribution in [3.05, 3.63) is 30.1 Å². The second-order valence-electron chi connectivity index (χ2n) is 5.44. The molecule has 0 spiro atoms. The average molecular weight is 276 g/mol. The van der Waals surface area contributed by atoms with Gasteiger partial charge in [0.25, 0.3) is 0 Å². The van der Waals surface area contributed by atoms with Crippen molar-refractivity contribution in [2.45, 2.75) is 31.3 Å². The second-order valence-corrected chi connectivity index (χ2v) is 5.44. The summed E-state index contributed by atoms with van der Waals surface area (Å²) < 4.78 is 0. The highest BCUT2D eigenvalue weighted by Crippen LogP contribution is 2.29. The van der Waals surface area contributed by atoms with Gasteiger partial charge in [-0.2, -0.15) is 0 Å². The van der Waals surface area contributed by atoms with Gasteiger partial charge in [-0.15, -0.1) is 0 Å². The molecule has 1 aliphatic carbocycles. The molecule has 108 valence electrons. The van der Waals surface area contributed by atoms with Gasteiger partial charge in [-0.3, -0.25) is 9.78 Å². The lowest BCUT2D eigenvalue weighted by atomic mass is 10.0. The maximum Gasteiger partial charge on any atom is 0.246 e. The number of rotatable bonds is 4. The Bertz CT molecular complexity index is 508. The lowest BCUT2D eigenvalue weighted by Crippen LogP contribution is -2.41. The second kappa shape index (κ2) is 6.05. The van der Waals surface area contributed by atoms with Crippen LogP contribution in [0.25, 0.3) is 6.08 Å². The number of carbonyl (C=O) groups excluding carboxylic acids is 1. The van der Waals surface area contributed by atoms with Crippen molar-refractivity contribution in [3.8, 4) is 5.75 Å². The zero-order valence-electron chi connectivity index (χ0n) is 11.6. The third kappa shape index (κ3) is 3.81. The van der Waals surface area contributed by atoms with Crippen molar-refractivity contribution in [1.29, 1.82) is 0 Å². The van der Waals surface area contributed by atoms with E-state index in [0.717, 1.165) is 25.7 Å². The first-order valence-electron chi connectivity index (χ1n) is 6.78. The van der Waals surface area contributed by atoms with E-state index in [2.05, 4.69) is 4.98 Å². The lowest BCUT2D eigenvalue weighted by molar-refractivity contribution is -0.127. The molecule has 0 radical (unpaired) electrons. The Morgan fingerprint density at radius 3 is 2.80 bits per heavy atom. The maximum atomic E-state index is 12.0. The zero-order valence-corrected chi connectivity index (χ0v) is 11.6. The third-order valence-electron chi connectivity index (χ3n) is 3.61. The molecule has 0 unspecified atom stereocenters. The first kappa shape index (κ1) is 14.5. The summed E-state index contributed by atoms with van der Waals surface area (Å²) >= 11 is 0. The fourth-order valence-corrected chi connectivity index (χ4v) is 2.54. The first-order chi connectivity index (χ1) is 9.48. The molecular formula is C15H20N2O3. The molecule has 1 aromatic heterocycles. The lowest BCUT2D eigenvalue weighted by Gasteiger charge is -2.27. The summed E-state index contributed by atoms with van der Waals surface area (Å²) in [5, 5.41) is 19.6. The SMILES string of the molecule is CN(CC1(O)CCCC1)C(=O)/C=C/c1cncc(O)c1. The minimum absolute atomic E-state index is 0.0632. The Hall–Kier alpha value is -1.88. The van der Waals surface area contributed by atoms with Gasteiger partial charge >= 0.3 is 0 Å². The van der Waals surface area contributed by atoms with Crippen LogP contribution in [-0.4, -0.2) is 45.2 Å². The van der Waals surface area contributed by atoms with Crippen LogP contribution in [-0.2, 0) is 4.79 Å². The molecule has 0 atom stereocenters. The van der Waals surface area contributed by atoms with Crippen LogP contribution in [0.1, 0.15) is 31.2 Å². The summed E-state index contributed by atoms with van der Waals surface area (Å²) in [6.07, 6.45) is 9.47. The van der Waals surface area contributed by atoms with E-state index in [-0.39, 0.29) is 11.7 Å². The Kier molecular flexibility index (Phi) is 4.39. The quantitative estimate of drug-likeness (QED) is 0.819. The van der Waals surface area contributed by atoms with Crippen molar-refractivity contribution >= 4 is 12.0 Å². The molecule has 2 rings (SSSR count). The molecule has 1 amide bonds. The van der Waals surface area contributed by atoms with Gasteiger partial charge in [-0.1, -0.05) is 12.8 Å². The van der Waals surface area contributed by atoms with E-state index in [0.29, 0.717) is 12.1 Å². The smallest absolute Gasteiger partial charge is 0.246 e. The number of aromatic nitrogens is 1. The van der Waals surface area contributed by atoms with Crippen LogP contribution in [0, 0.1) is 0 Å². The van der Waals surface area contributed by atoms with Crippen LogP contribution in [0.3, 0.4) is 0 Å². The van der Waals surface area contributed by atoms with E-state index in [9.17, 15) is 15.0 Å². The van der Waals surface area contributed by atoms with Crippen LogP contribution < -0.4 is 0 Å². The van der Waals surface area contributed by atoms with E-state index in [1.165, 1.54) is 23.2 Å². The molecule has 1 fully saturated rings.